The Balaban J connectivity index is 3.20. The molecule has 1 aromatic carbocycles. The average Bonchev–Trinajstić information content (AvgIpc) is 2.10. The Morgan fingerprint density at radius 1 is 1.46 bits per heavy atom. The standard InChI is InChI=1S/C8H8Cl2FNO/c9-6-2-4(11)1-5(8(6)10)7(12)3-13/h1-2,7,13H,3,12H2/t7-/m0/s1. The number of halogens is 3. The maximum atomic E-state index is 12.8. The zero-order valence-electron chi connectivity index (χ0n) is 6.60. The molecule has 72 valence electrons. The molecule has 0 spiro atoms. The van der Waals surface area contributed by atoms with Crippen LogP contribution >= 0.6 is 23.2 Å². The first-order chi connectivity index (χ1) is 6.06. The number of aliphatic hydroxyl groups is 1. The number of nitrogens with two attached hydrogens (primary N) is 1. The summed E-state index contributed by atoms with van der Waals surface area (Å²) in [5.74, 6) is -0.520. The molecular weight excluding hydrogens is 216 g/mol. The third-order valence-electron chi connectivity index (χ3n) is 1.62. The Morgan fingerprint density at radius 3 is 2.62 bits per heavy atom. The monoisotopic (exact) mass is 223 g/mol. The molecule has 2 nitrogen and oxygen atoms in total. The van der Waals surface area contributed by atoms with E-state index < -0.39 is 11.9 Å². The minimum atomic E-state index is -0.708. The van der Waals surface area contributed by atoms with E-state index in [4.69, 9.17) is 34.0 Å². The molecule has 1 atom stereocenters. The molecular formula is C8H8Cl2FNO. The van der Waals surface area contributed by atoms with Crippen molar-refractivity contribution in [3.05, 3.63) is 33.6 Å². The zero-order chi connectivity index (χ0) is 10.0. The Labute approximate surface area is 85.1 Å². The summed E-state index contributed by atoms with van der Waals surface area (Å²) in [6, 6.07) is 1.55. The predicted octanol–water partition coefficient (Wildman–Crippen LogP) is 2.12. The summed E-state index contributed by atoms with van der Waals surface area (Å²) in [6.07, 6.45) is 0. The highest BCUT2D eigenvalue weighted by atomic mass is 35.5. The van der Waals surface area contributed by atoms with Gasteiger partial charge >= 0.3 is 0 Å². The van der Waals surface area contributed by atoms with E-state index >= 15 is 0 Å². The van der Waals surface area contributed by atoms with Gasteiger partial charge in [0.05, 0.1) is 22.7 Å². The summed E-state index contributed by atoms with van der Waals surface area (Å²) < 4.78 is 12.8. The molecule has 0 saturated carbocycles. The van der Waals surface area contributed by atoms with Crippen molar-refractivity contribution in [1.29, 1.82) is 0 Å². The molecule has 0 heterocycles. The molecule has 0 bridgehead atoms. The summed E-state index contributed by atoms with van der Waals surface area (Å²) >= 11 is 11.4. The fourth-order valence-electron chi connectivity index (χ4n) is 0.944. The molecule has 0 aromatic heterocycles. The van der Waals surface area contributed by atoms with Crippen LogP contribution in [0.15, 0.2) is 12.1 Å². The van der Waals surface area contributed by atoms with Gasteiger partial charge < -0.3 is 10.8 Å². The Hall–Kier alpha value is -0.350. The van der Waals surface area contributed by atoms with Gasteiger partial charge in [0.15, 0.2) is 0 Å². The van der Waals surface area contributed by atoms with Crippen LogP contribution in [0.5, 0.6) is 0 Å². The first kappa shape index (κ1) is 10.7. The van der Waals surface area contributed by atoms with Crippen molar-refractivity contribution < 1.29 is 9.50 Å². The number of benzene rings is 1. The molecule has 0 radical (unpaired) electrons. The van der Waals surface area contributed by atoms with Crippen molar-refractivity contribution >= 4 is 23.2 Å². The van der Waals surface area contributed by atoms with Gasteiger partial charge in [-0.2, -0.15) is 0 Å². The molecule has 13 heavy (non-hydrogen) atoms. The molecule has 0 amide bonds. The number of hydrogen-bond donors (Lipinski definition) is 2. The molecule has 0 aliphatic carbocycles. The molecule has 5 heteroatoms. The zero-order valence-corrected chi connectivity index (χ0v) is 8.11. The lowest BCUT2D eigenvalue weighted by Gasteiger charge is -2.11. The highest BCUT2D eigenvalue weighted by molar-refractivity contribution is 6.42. The second-order valence-corrected chi connectivity index (χ2v) is 3.37. The van der Waals surface area contributed by atoms with Crippen LogP contribution in [0.4, 0.5) is 4.39 Å². The molecule has 1 rings (SSSR count). The van der Waals surface area contributed by atoms with Crippen molar-refractivity contribution in [1.82, 2.24) is 0 Å². The number of hydrogen-bond acceptors (Lipinski definition) is 2. The van der Waals surface area contributed by atoms with Crippen LogP contribution in [0.25, 0.3) is 0 Å². The fraction of sp³-hybridized carbons (Fsp3) is 0.250. The van der Waals surface area contributed by atoms with Crippen molar-refractivity contribution in [2.75, 3.05) is 6.61 Å². The van der Waals surface area contributed by atoms with Crippen molar-refractivity contribution in [2.45, 2.75) is 6.04 Å². The van der Waals surface area contributed by atoms with Crippen molar-refractivity contribution in [3.8, 4) is 0 Å². The van der Waals surface area contributed by atoms with Gasteiger partial charge in [-0.3, -0.25) is 0 Å². The lowest BCUT2D eigenvalue weighted by Crippen LogP contribution is -2.15. The van der Waals surface area contributed by atoms with Crippen LogP contribution in [0, 0.1) is 5.82 Å². The first-order valence-electron chi connectivity index (χ1n) is 3.57. The minimum absolute atomic E-state index is 0.0977. The minimum Gasteiger partial charge on any atom is -0.394 e. The van der Waals surface area contributed by atoms with Gasteiger partial charge in [-0.05, 0) is 17.7 Å². The van der Waals surface area contributed by atoms with Crippen molar-refractivity contribution in [3.63, 3.8) is 0 Å². The van der Waals surface area contributed by atoms with E-state index in [2.05, 4.69) is 0 Å². The van der Waals surface area contributed by atoms with Crippen LogP contribution in [-0.4, -0.2) is 11.7 Å². The lowest BCUT2D eigenvalue weighted by atomic mass is 10.1. The summed E-state index contributed by atoms with van der Waals surface area (Å²) in [4.78, 5) is 0. The van der Waals surface area contributed by atoms with E-state index in [1.165, 1.54) is 0 Å². The second kappa shape index (κ2) is 4.24. The quantitative estimate of drug-likeness (QED) is 0.755. The predicted molar refractivity (Wildman–Crippen MR) is 50.4 cm³/mol. The highest BCUT2D eigenvalue weighted by Crippen LogP contribution is 2.30. The largest absolute Gasteiger partial charge is 0.394 e. The SMILES string of the molecule is N[C@@H](CO)c1cc(F)cc(Cl)c1Cl. The Kier molecular flexibility index (Phi) is 3.50. The van der Waals surface area contributed by atoms with Gasteiger partial charge in [-0.15, -0.1) is 0 Å². The fourth-order valence-corrected chi connectivity index (χ4v) is 1.41. The smallest absolute Gasteiger partial charge is 0.125 e. The Morgan fingerprint density at radius 2 is 2.08 bits per heavy atom. The van der Waals surface area contributed by atoms with E-state index in [-0.39, 0.29) is 16.7 Å². The van der Waals surface area contributed by atoms with Gasteiger partial charge in [-0.25, -0.2) is 4.39 Å². The van der Waals surface area contributed by atoms with Crippen LogP contribution in [-0.2, 0) is 0 Å². The van der Waals surface area contributed by atoms with Gasteiger partial charge in [0, 0.05) is 0 Å². The molecule has 1 aromatic rings. The highest BCUT2D eigenvalue weighted by Gasteiger charge is 2.13. The second-order valence-electron chi connectivity index (χ2n) is 2.58. The molecule has 0 fully saturated rings. The topological polar surface area (TPSA) is 46.2 Å². The van der Waals surface area contributed by atoms with Gasteiger partial charge in [0.25, 0.3) is 0 Å². The van der Waals surface area contributed by atoms with Crippen LogP contribution in [0.2, 0.25) is 10.0 Å². The number of rotatable bonds is 2. The van der Waals surface area contributed by atoms with E-state index in [1.807, 2.05) is 0 Å². The number of aliphatic hydroxyl groups excluding tert-OH is 1. The van der Waals surface area contributed by atoms with E-state index in [1.54, 1.807) is 0 Å². The van der Waals surface area contributed by atoms with Gasteiger partial charge in [-0.1, -0.05) is 23.2 Å². The summed E-state index contributed by atoms with van der Waals surface area (Å²) in [7, 11) is 0. The molecule has 0 aliphatic rings. The van der Waals surface area contributed by atoms with Crippen LogP contribution in [0.1, 0.15) is 11.6 Å². The third kappa shape index (κ3) is 2.31. The van der Waals surface area contributed by atoms with E-state index in [0.29, 0.717) is 5.56 Å². The molecule has 0 saturated heterocycles. The maximum Gasteiger partial charge on any atom is 0.125 e. The maximum absolute atomic E-state index is 12.8. The molecule has 0 aliphatic heterocycles. The van der Waals surface area contributed by atoms with Crippen LogP contribution in [0.3, 0.4) is 0 Å². The average molecular weight is 224 g/mol. The Bertz CT molecular complexity index is 319. The van der Waals surface area contributed by atoms with Crippen molar-refractivity contribution in [2.24, 2.45) is 5.73 Å². The summed E-state index contributed by atoms with van der Waals surface area (Å²) in [6.45, 7) is -0.306. The first-order valence-corrected chi connectivity index (χ1v) is 4.32. The normalized spacial score (nSPS) is 13.0. The molecule has 0 unspecified atom stereocenters. The summed E-state index contributed by atoms with van der Waals surface area (Å²) in [5.41, 5.74) is 5.79. The summed E-state index contributed by atoms with van der Waals surface area (Å²) in [5, 5.41) is 9.03. The molecule has 3 N–H and O–H groups in total. The van der Waals surface area contributed by atoms with Crippen LogP contribution < -0.4 is 5.73 Å². The lowest BCUT2D eigenvalue weighted by molar-refractivity contribution is 0.268. The van der Waals surface area contributed by atoms with Gasteiger partial charge in [0.1, 0.15) is 5.82 Å². The van der Waals surface area contributed by atoms with E-state index in [9.17, 15) is 4.39 Å². The van der Waals surface area contributed by atoms with E-state index in [0.717, 1.165) is 12.1 Å². The van der Waals surface area contributed by atoms with Gasteiger partial charge in [0.2, 0.25) is 0 Å². The third-order valence-corrected chi connectivity index (χ3v) is 2.43.